The van der Waals surface area contributed by atoms with E-state index in [1.807, 2.05) is 50.2 Å². The summed E-state index contributed by atoms with van der Waals surface area (Å²) >= 11 is 23.9. The van der Waals surface area contributed by atoms with Crippen molar-refractivity contribution in [2.24, 2.45) is 0 Å². The largest absolute Gasteiger partial charge is 0.482 e. The van der Waals surface area contributed by atoms with Gasteiger partial charge in [-0.3, -0.25) is 9.59 Å². The molecule has 2 fully saturated rings. The fourth-order valence-corrected chi connectivity index (χ4v) is 7.87. The van der Waals surface area contributed by atoms with E-state index in [4.69, 9.17) is 70.8 Å². The molecule has 3 N–H and O–H groups in total. The van der Waals surface area contributed by atoms with Gasteiger partial charge < -0.3 is 40.1 Å². The Balaban J connectivity index is 0.000000187. The number of anilines is 4. The Labute approximate surface area is 379 Å². The molecule has 8 rings (SSSR count). The molecular weight excluding hydrogens is 874 g/mol. The van der Waals surface area contributed by atoms with E-state index in [2.05, 4.69) is 42.7 Å². The van der Waals surface area contributed by atoms with Gasteiger partial charge in [-0.1, -0.05) is 46.4 Å². The number of likely N-dealkylation sites (N-methyl/N-ethyl adjacent to an activating group) is 1. The monoisotopic (exact) mass is 918 g/mol. The molecule has 0 atom stereocenters. The van der Waals surface area contributed by atoms with Gasteiger partial charge in [-0.05, 0) is 107 Å². The third kappa shape index (κ3) is 11.8. The summed E-state index contributed by atoms with van der Waals surface area (Å²) in [5, 5.41) is 12.5. The Bertz CT molecular complexity index is 2580. The molecule has 6 aromatic rings. The van der Waals surface area contributed by atoms with Crippen molar-refractivity contribution in [3.63, 3.8) is 0 Å². The number of nitrogens with one attached hydrogen (secondary N) is 3. The van der Waals surface area contributed by atoms with Crippen molar-refractivity contribution < 1.29 is 19.1 Å². The Hall–Kier alpha value is -5.22. The van der Waals surface area contributed by atoms with Gasteiger partial charge in [0.2, 0.25) is 11.9 Å². The van der Waals surface area contributed by atoms with Crippen molar-refractivity contribution in [1.29, 1.82) is 0 Å². The van der Waals surface area contributed by atoms with Gasteiger partial charge in [-0.15, -0.1) is 0 Å². The highest BCUT2D eigenvalue weighted by Crippen LogP contribution is 2.30. The number of carbonyl (C=O) groups is 2. The number of piperazine rings is 1. The summed E-state index contributed by atoms with van der Waals surface area (Å²) in [6.45, 7) is 11.1. The third-order valence-electron chi connectivity index (χ3n) is 10.2. The lowest BCUT2D eigenvalue weighted by Gasteiger charge is -2.27. The molecule has 4 heterocycles. The zero-order chi connectivity index (χ0) is 43.8. The molecule has 324 valence electrons. The van der Waals surface area contributed by atoms with Gasteiger partial charge in [0.1, 0.15) is 11.5 Å². The van der Waals surface area contributed by atoms with Crippen LogP contribution in [-0.2, 0) is 9.59 Å². The fraction of sp³-hybridized carbons (Fsp3) is 0.318. The SMILES string of the molecule is Cc1nc(N2CCCN(C)CC2)nc2ccc(NC(=O)COc3ccc(Cl)cc3Cl)cc12.Cc1nc(N2CCNCC2)nc2ccc(NC(=O)COc3ccc(Cl)cc3Cl)cc12. The lowest BCUT2D eigenvalue weighted by molar-refractivity contribution is -0.118. The van der Waals surface area contributed by atoms with Gasteiger partial charge >= 0.3 is 0 Å². The number of nitrogens with zero attached hydrogens (tertiary/aromatic N) is 7. The molecule has 0 aliphatic carbocycles. The second-order valence-electron chi connectivity index (χ2n) is 14.9. The van der Waals surface area contributed by atoms with Crippen molar-refractivity contribution >= 4 is 103 Å². The molecule has 0 spiro atoms. The molecule has 4 aromatic carbocycles. The van der Waals surface area contributed by atoms with Crippen LogP contribution >= 0.6 is 46.4 Å². The summed E-state index contributed by atoms with van der Waals surface area (Å²) in [6.07, 6.45) is 1.09. The first-order chi connectivity index (χ1) is 29.9. The Morgan fingerprint density at radius 1 is 0.613 bits per heavy atom. The predicted octanol–water partition coefficient (Wildman–Crippen LogP) is 8.08. The molecule has 18 heteroatoms. The maximum Gasteiger partial charge on any atom is 0.262 e. The number of aryl methyl sites for hydroxylation is 2. The van der Waals surface area contributed by atoms with Crippen LogP contribution in [0.4, 0.5) is 23.3 Å². The minimum atomic E-state index is -0.295. The number of aromatic nitrogens is 4. The van der Waals surface area contributed by atoms with Crippen LogP contribution in [0, 0.1) is 13.8 Å². The van der Waals surface area contributed by atoms with E-state index in [-0.39, 0.29) is 25.0 Å². The molecule has 14 nitrogen and oxygen atoms in total. The number of benzene rings is 4. The molecule has 0 unspecified atom stereocenters. The second-order valence-corrected chi connectivity index (χ2v) is 16.6. The first kappa shape index (κ1) is 44.8. The molecule has 0 radical (unpaired) electrons. The van der Waals surface area contributed by atoms with E-state index in [0.717, 1.165) is 104 Å². The topological polar surface area (TPSA) is 150 Å². The summed E-state index contributed by atoms with van der Waals surface area (Å²) < 4.78 is 11.0. The maximum atomic E-state index is 12.4. The molecule has 62 heavy (non-hydrogen) atoms. The number of hydrogen-bond acceptors (Lipinski definition) is 12. The predicted molar refractivity (Wildman–Crippen MR) is 249 cm³/mol. The van der Waals surface area contributed by atoms with E-state index < -0.39 is 0 Å². The number of halogens is 4. The summed E-state index contributed by atoms with van der Waals surface area (Å²) in [4.78, 5) is 50.3. The molecule has 2 amide bonds. The first-order valence-corrected chi connectivity index (χ1v) is 21.6. The van der Waals surface area contributed by atoms with E-state index in [9.17, 15) is 9.59 Å². The molecule has 2 aliphatic rings. The zero-order valence-electron chi connectivity index (χ0n) is 34.5. The summed E-state index contributed by atoms with van der Waals surface area (Å²) in [6, 6.07) is 20.9. The van der Waals surface area contributed by atoms with Crippen molar-refractivity contribution in [2.75, 3.05) is 93.1 Å². The van der Waals surface area contributed by atoms with Gasteiger partial charge in [0, 0.05) is 78.0 Å². The molecule has 0 bridgehead atoms. The highest BCUT2D eigenvalue weighted by atomic mass is 35.5. The van der Waals surface area contributed by atoms with Gasteiger partial charge in [0.25, 0.3) is 11.8 Å². The van der Waals surface area contributed by atoms with Crippen LogP contribution in [0.25, 0.3) is 21.8 Å². The Kier molecular flexibility index (Phi) is 15.0. The second kappa shape index (κ2) is 20.8. The van der Waals surface area contributed by atoms with Crippen LogP contribution in [0.15, 0.2) is 72.8 Å². The lowest BCUT2D eigenvalue weighted by atomic mass is 10.1. The van der Waals surface area contributed by atoms with Crippen LogP contribution in [-0.4, -0.2) is 109 Å². The van der Waals surface area contributed by atoms with Crippen molar-refractivity contribution in [3.05, 3.63) is 104 Å². The average Bonchev–Trinajstić information content (AvgIpc) is 3.48. The Morgan fingerprint density at radius 3 is 1.58 bits per heavy atom. The van der Waals surface area contributed by atoms with Crippen LogP contribution in [0.5, 0.6) is 11.5 Å². The fourth-order valence-electron chi connectivity index (χ4n) is 6.95. The molecule has 0 saturated carbocycles. The third-order valence-corrected chi connectivity index (χ3v) is 11.3. The first-order valence-electron chi connectivity index (χ1n) is 20.1. The number of ether oxygens (including phenoxy) is 2. The van der Waals surface area contributed by atoms with Crippen molar-refractivity contribution in [3.8, 4) is 11.5 Å². The van der Waals surface area contributed by atoms with Gasteiger partial charge in [0.05, 0.1) is 32.5 Å². The Morgan fingerprint density at radius 2 is 1.10 bits per heavy atom. The van der Waals surface area contributed by atoms with Crippen LogP contribution in [0.3, 0.4) is 0 Å². The lowest BCUT2D eigenvalue weighted by Crippen LogP contribution is -2.44. The summed E-state index contributed by atoms with van der Waals surface area (Å²) in [5.41, 5.74) is 4.76. The van der Waals surface area contributed by atoms with E-state index >= 15 is 0 Å². The highest BCUT2D eigenvalue weighted by molar-refractivity contribution is 6.36. The van der Waals surface area contributed by atoms with Crippen LogP contribution < -0.4 is 35.2 Å². The van der Waals surface area contributed by atoms with Gasteiger partial charge in [-0.25, -0.2) is 19.9 Å². The minimum Gasteiger partial charge on any atom is -0.482 e. The smallest absolute Gasteiger partial charge is 0.262 e. The number of amides is 2. The van der Waals surface area contributed by atoms with Crippen molar-refractivity contribution in [1.82, 2.24) is 30.2 Å². The zero-order valence-corrected chi connectivity index (χ0v) is 37.5. The average molecular weight is 921 g/mol. The number of carbonyl (C=O) groups excluding carboxylic acids is 2. The molecular formula is C44H46Cl4N10O4. The van der Waals surface area contributed by atoms with E-state index in [0.29, 0.717) is 43.0 Å². The summed E-state index contributed by atoms with van der Waals surface area (Å²) in [5.74, 6) is 1.72. The number of fused-ring (bicyclic) bond motifs is 2. The quantitative estimate of drug-likeness (QED) is 0.122. The molecule has 2 aliphatic heterocycles. The number of rotatable bonds is 10. The summed E-state index contributed by atoms with van der Waals surface area (Å²) in [7, 11) is 2.14. The highest BCUT2D eigenvalue weighted by Gasteiger charge is 2.18. The maximum absolute atomic E-state index is 12.4. The minimum absolute atomic E-state index is 0.169. The van der Waals surface area contributed by atoms with Crippen LogP contribution in [0.2, 0.25) is 20.1 Å². The molecule has 2 aromatic heterocycles. The van der Waals surface area contributed by atoms with Gasteiger partial charge in [0.15, 0.2) is 13.2 Å². The van der Waals surface area contributed by atoms with E-state index in [1.165, 1.54) is 0 Å². The van der Waals surface area contributed by atoms with Gasteiger partial charge in [-0.2, -0.15) is 0 Å². The molecule has 2 saturated heterocycles. The van der Waals surface area contributed by atoms with Crippen molar-refractivity contribution in [2.45, 2.75) is 20.3 Å². The van der Waals surface area contributed by atoms with E-state index in [1.54, 1.807) is 36.4 Å². The standard InChI is InChI=1S/C23H25Cl2N5O2.C21H21Cl2N5O2/c1-15-18-13-17(27-22(31)14-32-21-7-4-16(24)12-19(21)25)5-6-20(18)28-23(26-15)30-9-3-8-29(2)10-11-30;1-13-16-11-15(26-20(29)12-30-19-5-2-14(22)10-17(19)23)3-4-18(16)27-21(25-13)28-8-6-24-7-9-28/h4-7,12-13H,3,8-11,14H2,1-2H3,(H,27,31);2-5,10-11,24H,6-9,12H2,1H3,(H,26,29). The van der Waals surface area contributed by atoms with Crippen LogP contribution in [0.1, 0.15) is 17.8 Å². The number of hydrogen-bond donors (Lipinski definition) is 3. The normalized spacial score (nSPS) is 14.5.